The minimum Gasteiger partial charge on any atom is -0.494 e. The van der Waals surface area contributed by atoms with Crippen LogP contribution in [0.2, 0.25) is 0 Å². The number of hydrogen-bond donors (Lipinski definition) is 0. The Kier molecular flexibility index (Phi) is 3.16. The largest absolute Gasteiger partial charge is 0.494 e. The molecule has 0 fully saturated rings. The van der Waals surface area contributed by atoms with Crippen molar-refractivity contribution >= 4 is 5.91 Å². The number of rotatable bonds is 1. The molecule has 0 spiro atoms. The Balaban J connectivity index is 2.33. The fourth-order valence-electron chi connectivity index (χ4n) is 2.76. The maximum atomic E-state index is 14.1. The number of amides is 1. The first-order chi connectivity index (χ1) is 10.0. The average Bonchev–Trinajstić information content (AvgIpc) is 2.54. The molecule has 0 aromatic heterocycles. The molecule has 1 aliphatic rings. The molecule has 21 heavy (non-hydrogen) atoms. The standard InChI is InChI=1S/C17H16FNO2/c1-10-4-5-12-11(6-10)9-19(2)17(20)14-8-16(21-3)15(18)7-13(12)14/h4-8H,9H2,1-3H3. The van der Waals surface area contributed by atoms with Gasteiger partial charge in [0, 0.05) is 13.6 Å². The molecule has 0 N–H and O–H groups in total. The van der Waals surface area contributed by atoms with E-state index in [1.54, 1.807) is 11.9 Å². The van der Waals surface area contributed by atoms with Crippen LogP contribution in [0.5, 0.6) is 5.75 Å². The highest BCUT2D eigenvalue weighted by Gasteiger charge is 2.25. The summed E-state index contributed by atoms with van der Waals surface area (Å²) in [6.45, 7) is 2.51. The average molecular weight is 285 g/mol. The summed E-state index contributed by atoms with van der Waals surface area (Å²) in [7, 11) is 3.15. The van der Waals surface area contributed by atoms with Crippen molar-refractivity contribution in [3.63, 3.8) is 0 Å². The van der Waals surface area contributed by atoms with E-state index < -0.39 is 5.82 Å². The van der Waals surface area contributed by atoms with E-state index >= 15 is 0 Å². The van der Waals surface area contributed by atoms with Crippen molar-refractivity contribution in [1.82, 2.24) is 4.90 Å². The normalized spacial score (nSPS) is 13.5. The van der Waals surface area contributed by atoms with Crippen LogP contribution in [0.3, 0.4) is 0 Å². The van der Waals surface area contributed by atoms with Gasteiger partial charge in [-0.15, -0.1) is 0 Å². The van der Waals surface area contributed by atoms with Gasteiger partial charge in [-0.1, -0.05) is 23.8 Å². The van der Waals surface area contributed by atoms with Crippen molar-refractivity contribution in [3.8, 4) is 16.9 Å². The number of aryl methyl sites for hydroxylation is 1. The first-order valence-electron chi connectivity index (χ1n) is 6.74. The van der Waals surface area contributed by atoms with E-state index in [2.05, 4.69) is 0 Å². The summed E-state index contributed by atoms with van der Waals surface area (Å²) in [5.74, 6) is -0.497. The Morgan fingerprint density at radius 3 is 2.62 bits per heavy atom. The Labute approximate surface area is 123 Å². The molecule has 0 atom stereocenters. The van der Waals surface area contributed by atoms with Gasteiger partial charge < -0.3 is 9.64 Å². The molecular weight excluding hydrogens is 269 g/mol. The van der Waals surface area contributed by atoms with Gasteiger partial charge in [0.15, 0.2) is 11.6 Å². The van der Waals surface area contributed by atoms with Gasteiger partial charge in [0.2, 0.25) is 0 Å². The van der Waals surface area contributed by atoms with E-state index in [0.717, 1.165) is 16.7 Å². The van der Waals surface area contributed by atoms with E-state index in [0.29, 0.717) is 17.7 Å². The lowest BCUT2D eigenvalue weighted by molar-refractivity contribution is 0.0788. The smallest absolute Gasteiger partial charge is 0.254 e. The van der Waals surface area contributed by atoms with E-state index in [1.807, 2.05) is 25.1 Å². The maximum absolute atomic E-state index is 14.1. The fourth-order valence-corrected chi connectivity index (χ4v) is 2.76. The molecule has 1 aliphatic heterocycles. The molecule has 0 saturated heterocycles. The summed E-state index contributed by atoms with van der Waals surface area (Å²) >= 11 is 0. The van der Waals surface area contributed by atoms with Gasteiger partial charge in [0.25, 0.3) is 5.91 Å². The number of halogens is 1. The molecule has 3 rings (SSSR count). The second-order valence-corrected chi connectivity index (χ2v) is 5.35. The molecule has 0 radical (unpaired) electrons. The number of carbonyl (C=O) groups excluding carboxylic acids is 1. The topological polar surface area (TPSA) is 29.5 Å². The second-order valence-electron chi connectivity index (χ2n) is 5.35. The minimum absolute atomic E-state index is 0.0889. The molecule has 3 nitrogen and oxygen atoms in total. The molecule has 1 amide bonds. The van der Waals surface area contributed by atoms with Crippen LogP contribution in [0.4, 0.5) is 4.39 Å². The predicted molar refractivity (Wildman–Crippen MR) is 78.9 cm³/mol. The number of methoxy groups -OCH3 is 1. The molecule has 0 unspecified atom stereocenters. The summed E-state index contributed by atoms with van der Waals surface area (Å²) in [5.41, 5.74) is 4.13. The van der Waals surface area contributed by atoms with Gasteiger partial charge in [-0.25, -0.2) is 4.39 Å². The Morgan fingerprint density at radius 1 is 1.14 bits per heavy atom. The zero-order valence-electron chi connectivity index (χ0n) is 12.2. The maximum Gasteiger partial charge on any atom is 0.254 e. The fraction of sp³-hybridized carbons (Fsp3) is 0.235. The number of fused-ring (bicyclic) bond motifs is 3. The summed E-state index contributed by atoms with van der Waals surface area (Å²) in [5, 5.41) is 0. The minimum atomic E-state index is -0.458. The van der Waals surface area contributed by atoms with Crippen molar-refractivity contribution in [1.29, 1.82) is 0 Å². The van der Waals surface area contributed by atoms with E-state index in [9.17, 15) is 9.18 Å². The number of carbonyl (C=O) groups is 1. The van der Waals surface area contributed by atoms with Gasteiger partial charge >= 0.3 is 0 Å². The van der Waals surface area contributed by atoms with Gasteiger partial charge in [0.05, 0.1) is 12.7 Å². The molecule has 4 heteroatoms. The van der Waals surface area contributed by atoms with Gasteiger partial charge in [0.1, 0.15) is 0 Å². The van der Waals surface area contributed by atoms with Gasteiger partial charge in [-0.2, -0.15) is 0 Å². The first kappa shape index (κ1) is 13.6. The molecule has 0 bridgehead atoms. The zero-order chi connectivity index (χ0) is 15.1. The van der Waals surface area contributed by atoms with Crippen molar-refractivity contribution in [2.24, 2.45) is 0 Å². The lowest BCUT2D eigenvalue weighted by Gasteiger charge is -2.15. The third kappa shape index (κ3) is 2.17. The highest BCUT2D eigenvalue weighted by atomic mass is 19.1. The van der Waals surface area contributed by atoms with Crippen LogP contribution in [-0.2, 0) is 6.54 Å². The molecular formula is C17H16FNO2. The highest BCUT2D eigenvalue weighted by molar-refractivity contribution is 6.02. The number of benzene rings is 2. The summed E-state index contributed by atoms with van der Waals surface area (Å²) < 4.78 is 19.1. The molecule has 2 aromatic rings. The number of hydrogen-bond acceptors (Lipinski definition) is 2. The van der Waals surface area contributed by atoms with Crippen LogP contribution in [0, 0.1) is 12.7 Å². The van der Waals surface area contributed by atoms with Crippen molar-refractivity contribution < 1.29 is 13.9 Å². The molecule has 0 aliphatic carbocycles. The Bertz CT molecular complexity index is 740. The zero-order valence-corrected chi connectivity index (χ0v) is 12.2. The third-order valence-electron chi connectivity index (χ3n) is 3.83. The third-order valence-corrected chi connectivity index (χ3v) is 3.83. The quantitative estimate of drug-likeness (QED) is 0.803. The van der Waals surface area contributed by atoms with Crippen LogP contribution in [-0.4, -0.2) is 25.0 Å². The summed E-state index contributed by atoms with van der Waals surface area (Å²) in [6.07, 6.45) is 0. The van der Waals surface area contributed by atoms with Crippen LogP contribution in [0.15, 0.2) is 30.3 Å². The van der Waals surface area contributed by atoms with Crippen molar-refractivity contribution in [3.05, 3.63) is 52.8 Å². The van der Waals surface area contributed by atoms with Gasteiger partial charge in [-0.3, -0.25) is 4.79 Å². The number of ether oxygens (including phenoxy) is 1. The molecule has 2 aromatic carbocycles. The van der Waals surface area contributed by atoms with E-state index in [1.165, 1.54) is 19.2 Å². The first-order valence-corrected chi connectivity index (χ1v) is 6.74. The highest BCUT2D eigenvalue weighted by Crippen LogP contribution is 2.36. The van der Waals surface area contributed by atoms with E-state index in [-0.39, 0.29) is 11.7 Å². The van der Waals surface area contributed by atoms with Crippen LogP contribution >= 0.6 is 0 Å². The summed E-state index contributed by atoms with van der Waals surface area (Å²) in [4.78, 5) is 14.2. The molecule has 108 valence electrons. The molecule has 1 heterocycles. The lowest BCUT2D eigenvalue weighted by Crippen LogP contribution is -2.25. The van der Waals surface area contributed by atoms with Crippen molar-refractivity contribution in [2.45, 2.75) is 13.5 Å². The predicted octanol–water partition coefficient (Wildman–Crippen LogP) is 3.40. The van der Waals surface area contributed by atoms with Crippen molar-refractivity contribution in [2.75, 3.05) is 14.2 Å². The second kappa shape index (κ2) is 4.88. The summed E-state index contributed by atoms with van der Waals surface area (Å²) in [6, 6.07) is 8.83. The lowest BCUT2D eigenvalue weighted by atomic mass is 9.95. The van der Waals surface area contributed by atoms with E-state index in [4.69, 9.17) is 4.74 Å². The van der Waals surface area contributed by atoms with Gasteiger partial charge in [-0.05, 0) is 35.7 Å². The monoisotopic (exact) mass is 285 g/mol. The van der Waals surface area contributed by atoms with Crippen LogP contribution < -0.4 is 4.74 Å². The SMILES string of the molecule is COc1cc2c(cc1F)-c1ccc(C)cc1CN(C)C2=O. The van der Waals surface area contributed by atoms with Crippen LogP contribution in [0.1, 0.15) is 21.5 Å². The number of nitrogens with zero attached hydrogens (tertiary/aromatic N) is 1. The Hall–Kier alpha value is -2.36. The van der Waals surface area contributed by atoms with Crippen LogP contribution in [0.25, 0.3) is 11.1 Å². The Morgan fingerprint density at radius 2 is 1.90 bits per heavy atom. The molecule has 0 saturated carbocycles.